The van der Waals surface area contributed by atoms with Crippen LogP contribution in [0.1, 0.15) is 44.4 Å². The van der Waals surface area contributed by atoms with Crippen molar-refractivity contribution in [1.82, 2.24) is 0 Å². The second-order valence-corrected chi connectivity index (χ2v) is 7.75. The molecule has 2 aromatic rings. The highest BCUT2D eigenvalue weighted by atomic mass is 16.7. The number of carboxylic acid groups (broad SMARTS) is 1. The predicted molar refractivity (Wildman–Crippen MR) is 110 cm³/mol. The first-order valence-corrected chi connectivity index (χ1v) is 9.27. The summed E-state index contributed by atoms with van der Waals surface area (Å²) in [5.74, 6) is 0.887. The van der Waals surface area contributed by atoms with Crippen LogP contribution in [0, 0.1) is 0 Å². The van der Waals surface area contributed by atoms with Gasteiger partial charge >= 0.3 is 6.16 Å². The average Bonchev–Trinajstić information content (AvgIpc) is 2.60. The Morgan fingerprint density at radius 3 is 2.82 bits per heavy atom. The predicted octanol–water partition coefficient (Wildman–Crippen LogP) is 6.03. The maximum atomic E-state index is 11.2. The van der Waals surface area contributed by atoms with E-state index in [1.165, 1.54) is 0 Å². The summed E-state index contributed by atoms with van der Waals surface area (Å²) in [6.07, 6.45) is 3.14. The van der Waals surface area contributed by atoms with Gasteiger partial charge in [-0.2, -0.15) is 0 Å². The summed E-state index contributed by atoms with van der Waals surface area (Å²) in [6, 6.07) is 9.29. The van der Waals surface area contributed by atoms with Crippen LogP contribution >= 0.6 is 0 Å². The summed E-state index contributed by atoms with van der Waals surface area (Å²) in [5.41, 5.74) is 5.78. The lowest BCUT2D eigenvalue weighted by Gasteiger charge is -2.37. The van der Waals surface area contributed by atoms with E-state index in [-0.39, 0.29) is 17.4 Å². The van der Waals surface area contributed by atoms with E-state index >= 15 is 0 Å². The third kappa shape index (κ3) is 2.93. The molecule has 2 heterocycles. The molecule has 0 saturated carbocycles. The van der Waals surface area contributed by atoms with Crippen LogP contribution in [0.5, 0.6) is 11.5 Å². The average molecular weight is 377 g/mol. The molecule has 5 nitrogen and oxygen atoms in total. The smallest absolute Gasteiger partial charge is 0.485 e. The van der Waals surface area contributed by atoms with Crippen LogP contribution in [0.4, 0.5) is 10.5 Å². The minimum Gasteiger partial charge on any atom is -0.485 e. The first kappa shape index (κ1) is 18.2. The molecule has 2 aliphatic rings. The Labute approximate surface area is 164 Å². The molecule has 0 radical (unpaired) electrons. The van der Waals surface area contributed by atoms with Crippen LogP contribution < -0.4 is 14.8 Å². The van der Waals surface area contributed by atoms with Crippen LogP contribution in [-0.4, -0.2) is 16.8 Å². The highest BCUT2D eigenvalue weighted by molar-refractivity contribution is 5.91. The maximum Gasteiger partial charge on any atom is 0.511 e. The number of benzene rings is 2. The molecule has 5 heteroatoms. The van der Waals surface area contributed by atoms with Crippen LogP contribution in [0.25, 0.3) is 16.7 Å². The normalized spacial score (nSPS) is 18.4. The third-order valence-electron chi connectivity index (χ3n) is 5.10. The van der Waals surface area contributed by atoms with E-state index < -0.39 is 6.16 Å². The van der Waals surface area contributed by atoms with Crippen molar-refractivity contribution in [1.29, 1.82) is 0 Å². The summed E-state index contributed by atoms with van der Waals surface area (Å²) >= 11 is 0. The standard InChI is InChI=1S/C23H23NO4/c1-5-7-16-21-14(10-11-15-19(21)13(2)12-23(3,4)24-15)20-17(27-16)8-6-9-18(20)28-22(25)26/h5-6,8-12,16,24H,1,7H2,2-4H3,(H,25,26). The molecule has 2 aliphatic heterocycles. The van der Waals surface area contributed by atoms with E-state index in [1.807, 2.05) is 24.3 Å². The number of rotatable bonds is 3. The fraction of sp³-hybridized carbons (Fsp3) is 0.261. The molecule has 0 aromatic heterocycles. The number of hydrogen-bond acceptors (Lipinski definition) is 4. The molecule has 1 atom stereocenters. The Balaban J connectivity index is 2.00. The monoisotopic (exact) mass is 377 g/mol. The van der Waals surface area contributed by atoms with E-state index in [9.17, 15) is 4.79 Å². The molecule has 0 bridgehead atoms. The fourth-order valence-corrected chi connectivity index (χ4v) is 4.28. The van der Waals surface area contributed by atoms with Crippen LogP contribution in [0.15, 0.2) is 49.1 Å². The van der Waals surface area contributed by atoms with Gasteiger partial charge in [0, 0.05) is 23.2 Å². The van der Waals surface area contributed by atoms with Gasteiger partial charge in [-0.15, -0.1) is 6.58 Å². The molecule has 0 saturated heterocycles. The largest absolute Gasteiger partial charge is 0.511 e. The number of carbonyl (C=O) groups is 1. The molecule has 2 aromatic carbocycles. The lowest BCUT2D eigenvalue weighted by Crippen LogP contribution is -2.32. The van der Waals surface area contributed by atoms with Gasteiger partial charge in [0.05, 0.1) is 11.1 Å². The highest BCUT2D eigenvalue weighted by Gasteiger charge is 2.34. The lowest BCUT2D eigenvalue weighted by atomic mass is 9.81. The van der Waals surface area contributed by atoms with Crippen molar-refractivity contribution in [3.8, 4) is 22.6 Å². The van der Waals surface area contributed by atoms with Gasteiger partial charge in [-0.3, -0.25) is 0 Å². The second kappa shape index (κ2) is 6.44. The molecular weight excluding hydrogens is 354 g/mol. The van der Waals surface area contributed by atoms with Gasteiger partial charge in [-0.25, -0.2) is 4.79 Å². The first-order valence-electron chi connectivity index (χ1n) is 9.27. The zero-order valence-electron chi connectivity index (χ0n) is 16.2. The van der Waals surface area contributed by atoms with Crippen molar-refractivity contribution in [3.05, 3.63) is 60.2 Å². The molecule has 4 rings (SSSR count). The van der Waals surface area contributed by atoms with Gasteiger partial charge in [0.2, 0.25) is 0 Å². The SMILES string of the molecule is C=CCC1Oc2cccc(OC(=O)O)c2-c2ccc3c(c21)C(C)=CC(C)(C)N3. The van der Waals surface area contributed by atoms with Gasteiger partial charge in [0.15, 0.2) is 0 Å². The fourth-order valence-electron chi connectivity index (χ4n) is 4.28. The quantitative estimate of drug-likeness (QED) is 0.388. The van der Waals surface area contributed by atoms with Gasteiger partial charge < -0.3 is 19.9 Å². The lowest BCUT2D eigenvalue weighted by molar-refractivity contribution is 0.144. The zero-order chi connectivity index (χ0) is 20.1. The maximum absolute atomic E-state index is 11.2. The van der Waals surface area contributed by atoms with E-state index in [2.05, 4.69) is 38.7 Å². The molecule has 0 amide bonds. The summed E-state index contributed by atoms with van der Waals surface area (Å²) < 4.78 is 11.3. The number of nitrogens with one attached hydrogen (secondary N) is 1. The molecule has 0 spiro atoms. The van der Waals surface area contributed by atoms with Crippen LogP contribution in [-0.2, 0) is 0 Å². The summed E-state index contributed by atoms with van der Waals surface area (Å²) in [7, 11) is 0. The van der Waals surface area contributed by atoms with Gasteiger partial charge in [0.1, 0.15) is 17.6 Å². The Kier molecular flexibility index (Phi) is 4.18. The second-order valence-electron chi connectivity index (χ2n) is 7.75. The highest BCUT2D eigenvalue weighted by Crippen LogP contribution is 2.52. The molecule has 0 fully saturated rings. The number of anilines is 1. The van der Waals surface area contributed by atoms with E-state index in [4.69, 9.17) is 14.6 Å². The molecular formula is C23H23NO4. The van der Waals surface area contributed by atoms with E-state index in [1.54, 1.807) is 12.1 Å². The molecule has 28 heavy (non-hydrogen) atoms. The summed E-state index contributed by atoms with van der Waals surface area (Å²) in [4.78, 5) is 11.2. The number of allylic oxidation sites excluding steroid dienone is 1. The van der Waals surface area contributed by atoms with Gasteiger partial charge in [-0.05, 0) is 50.1 Å². The van der Waals surface area contributed by atoms with Crippen molar-refractivity contribution in [2.75, 3.05) is 5.32 Å². The van der Waals surface area contributed by atoms with Gasteiger partial charge in [-0.1, -0.05) is 24.3 Å². The Morgan fingerprint density at radius 2 is 2.11 bits per heavy atom. The zero-order valence-corrected chi connectivity index (χ0v) is 16.2. The number of ether oxygens (including phenoxy) is 2. The number of fused-ring (bicyclic) bond motifs is 5. The molecule has 1 unspecified atom stereocenters. The molecule has 0 aliphatic carbocycles. The molecule has 144 valence electrons. The van der Waals surface area contributed by atoms with Crippen molar-refractivity contribution in [3.63, 3.8) is 0 Å². The van der Waals surface area contributed by atoms with Crippen molar-refractivity contribution >= 4 is 17.4 Å². The Bertz CT molecular complexity index is 1020. The Morgan fingerprint density at radius 1 is 1.32 bits per heavy atom. The van der Waals surface area contributed by atoms with E-state index in [0.717, 1.165) is 28.0 Å². The first-order chi connectivity index (χ1) is 13.3. The van der Waals surface area contributed by atoms with Crippen LogP contribution in [0.3, 0.4) is 0 Å². The topological polar surface area (TPSA) is 67.8 Å². The van der Waals surface area contributed by atoms with Crippen molar-refractivity contribution in [2.45, 2.75) is 38.8 Å². The van der Waals surface area contributed by atoms with Crippen molar-refractivity contribution < 1.29 is 19.4 Å². The third-order valence-corrected chi connectivity index (χ3v) is 5.10. The minimum absolute atomic E-state index is 0.149. The van der Waals surface area contributed by atoms with Crippen LogP contribution in [0.2, 0.25) is 0 Å². The summed E-state index contributed by atoms with van der Waals surface area (Å²) in [5, 5.41) is 12.7. The van der Waals surface area contributed by atoms with Gasteiger partial charge in [0.25, 0.3) is 0 Å². The number of hydrogen-bond donors (Lipinski definition) is 2. The molecule has 2 N–H and O–H groups in total. The summed E-state index contributed by atoms with van der Waals surface area (Å²) in [6.45, 7) is 10.2. The Hall–Kier alpha value is -3.21. The van der Waals surface area contributed by atoms with Crippen molar-refractivity contribution in [2.24, 2.45) is 0 Å². The van der Waals surface area contributed by atoms with E-state index in [0.29, 0.717) is 17.7 Å². The minimum atomic E-state index is -1.35.